The van der Waals surface area contributed by atoms with Crippen molar-refractivity contribution < 1.29 is 19.5 Å². The minimum Gasteiger partial charge on any atom is -0.478 e. The van der Waals surface area contributed by atoms with Crippen LogP contribution < -0.4 is 5.32 Å². The number of carboxylic acid groups (broad SMARTS) is 1. The smallest absolute Gasteiger partial charge is 0.335 e. The van der Waals surface area contributed by atoms with Gasteiger partial charge in [0.1, 0.15) is 5.69 Å². The van der Waals surface area contributed by atoms with Crippen molar-refractivity contribution in [2.45, 2.75) is 12.8 Å². The minimum atomic E-state index is -1.13. The second-order valence-electron chi connectivity index (χ2n) is 5.88. The number of aromatic carboxylic acids is 1. The van der Waals surface area contributed by atoms with E-state index in [2.05, 4.69) is 10.3 Å². The molecule has 0 saturated carbocycles. The molecule has 7 nitrogen and oxygen atoms in total. The molecular formula is C19H17N3O4. The second kappa shape index (κ2) is 6.79. The highest BCUT2D eigenvalue weighted by Gasteiger charge is 2.19. The van der Waals surface area contributed by atoms with Crippen LogP contribution in [0.2, 0.25) is 0 Å². The van der Waals surface area contributed by atoms with Crippen molar-refractivity contribution in [1.82, 2.24) is 14.9 Å². The third kappa shape index (κ3) is 2.95. The monoisotopic (exact) mass is 351 g/mol. The summed E-state index contributed by atoms with van der Waals surface area (Å²) in [6.45, 7) is 1.88. The van der Waals surface area contributed by atoms with Crippen LogP contribution in [0, 0.1) is 0 Å². The highest BCUT2D eigenvalue weighted by molar-refractivity contribution is 5.96. The topological polar surface area (TPSA) is 101 Å². The first kappa shape index (κ1) is 17.3. The van der Waals surface area contributed by atoms with Crippen LogP contribution in [0.15, 0.2) is 42.6 Å². The van der Waals surface area contributed by atoms with Crippen molar-refractivity contribution in [3.05, 3.63) is 65.1 Å². The quantitative estimate of drug-likeness (QED) is 0.687. The number of amides is 1. The van der Waals surface area contributed by atoms with E-state index >= 15 is 0 Å². The molecule has 0 radical (unpaired) electrons. The van der Waals surface area contributed by atoms with Crippen molar-refractivity contribution in [2.75, 3.05) is 7.05 Å². The van der Waals surface area contributed by atoms with E-state index in [0.717, 1.165) is 22.9 Å². The molecular weight excluding hydrogens is 334 g/mol. The molecule has 0 fully saturated rings. The molecule has 1 atom stereocenters. The van der Waals surface area contributed by atoms with Crippen LogP contribution in [0.4, 0.5) is 0 Å². The van der Waals surface area contributed by atoms with Crippen molar-refractivity contribution in [1.29, 1.82) is 0 Å². The summed E-state index contributed by atoms with van der Waals surface area (Å²) < 4.78 is 1.47. The molecule has 0 aliphatic heterocycles. The standard InChI is InChI=1S/C19H17N3O4/c1-11(13-4-3-5-17-14(13)6-7-22(17)10-23)15-8-12(19(25)26)9-16(21-15)18(24)20-2/h3-11H,1-2H3,(H,20,24)(H,25,26). The summed E-state index contributed by atoms with van der Waals surface area (Å²) in [6, 6.07) is 10.1. The van der Waals surface area contributed by atoms with Gasteiger partial charge < -0.3 is 10.4 Å². The number of benzene rings is 1. The maximum absolute atomic E-state index is 11.9. The number of aromatic nitrogens is 2. The SMILES string of the molecule is CNC(=O)c1cc(C(=O)O)cc(C(C)c2cccc3c2ccn3C=O)n1. The molecule has 3 aromatic rings. The van der Waals surface area contributed by atoms with E-state index in [0.29, 0.717) is 5.69 Å². The summed E-state index contributed by atoms with van der Waals surface area (Å²) in [7, 11) is 1.46. The molecule has 7 heteroatoms. The maximum Gasteiger partial charge on any atom is 0.335 e. The number of nitrogens with zero attached hydrogens (tertiary/aromatic N) is 2. The van der Waals surface area contributed by atoms with E-state index in [-0.39, 0.29) is 17.2 Å². The molecule has 0 spiro atoms. The second-order valence-corrected chi connectivity index (χ2v) is 5.88. The molecule has 1 amide bonds. The zero-order valence-corrected chi connectivity index (χ0v) is 14.3. The van der Waals surface area contributed by atoms with Crippen LogP contribution in [0.1, 0.15) is 44.9 Å². The lowest BCUT2D eigenvalue weighted by molar-refractivity contribution is 0.0696. The molecule has 26 heavy (non-hydrogen) atoms. The lowest BCUT2D eigenvalue weighted by Gasteiger charge is -2.15. The van der Waals surface area contributed by atoms with Gasteiger partial charge in [-0.3, -0.25) is 14.2 Å². The molecule has 3 rings (SSSR count). The molecule has 132 valence electrons. The van der Waals surface area contributed by atoms with Gasteiger partial charge in [0.2, 0.25) is 6.41 Å². The van der Waals surface area contributed by atoms with Crippen LogP contribution in [-0.4, -0.2) is 40.0 Å². The Labute approximate surface area is 149 Å². The number of pyridine rings is 1. The summed E-state index contributed by atoms with van der Waals surface area (Å²) in [5, 5.41) is 12.7. The number of fused-ring (bicyclic) bond motifs is 1. The Hall–Kier alpha value is -3.48. The van der Waals surface area contributed by atoms with E-state index in [1.165, 1.54) is 23.7 Å². The lowest BCUT2D eigenvalue weighted by atomic mass is 9.93. The molecule has 1 unspecified atom stereocenters. The van der Waals surface area contributed by atoms with Gasteiger partial charge in [-0.15, -0.1) is 0 Å². The van der Waals surface area contributed by atoms with Crippen LogP contribution in [-0.2, 0) is 4.79 Å². The molecule has 2 heterocycles. The molecule has 0 saturated heterocycles. The van der Waals surface area contributed by atoms with Gasteiger partial charge in [0.05, 0.1) is 11.1 Å². The Morgan fingerprint density at radius 3 is 2.69 bits per heavy atom. The van der Waals surface area contributed by atoms with E-state index in [9.17, 15) is 19.5 Å². The zero-order chi connectivity index (χ0) is 18.8. The van der Waals surface area contributed by atoms with Crippen molar-refractivity contribution in [2.24, 2.45) is 0 Å². The van der Waals surface area contributed by atoms with Gasteiger partial charge >= 0.3 is 5.97 Å². The number of carbonyl (C=O) groups excluding carboxylic acids is 2. The Morgan fingerprint density at radius 1 is 1.27 bits per heavy atom. The molecule has 1 aromatic carbocycles. The fourth-order valence-electron chi connectivity index (χ4n) is 2.98. The molecule has 0 aliphatic rings. The van der Waals surface area contributed by atoms with Crippen LogP contribution in [0.25, 0.3) is 10.9 Å². The Bertz CT molecular complexity index is 1020. The third-order valence-electron chi connectivity index (χ3n) is 4.37. The van der Waals surface area contributed by atoms with Gasteiger partial charge in [-0.25, -0.2) is 9.78 Å². The Balaban J connectivity index is 2.15. The Morgan fingerprint density at radius 2 is 2.04 bits per heavy atom. The molecule has 0 bridgehead atoms. The van der Waals surface area contributed by atoms with E-state index in [4.69, 9.17) is 0 Å². The molecule has 2 N–H and O–H groups in total. The van der Waals surface area contributed by atoms with Crippen LogP contribution in [0.3, 0.4) is 0 Å². The molecule has 2 aromatic heterocycles. The maximum atomic E-state index is 11.9. The minimum absolute atomic E-state index is 0.00177. The zero-order valence-electron chi connectivity index (χ0n) is 14.3. The van der Waals surface area contributed by atoms with Crippen molar-refractivity contribution >= 4 is 29.2 Å². The fraction of sp³-hybridized carbons (Fsp3) is 0.158. The van der Waals surface area contributed by atoms with E-state index in [1.807, 2.05) is 31.2 Å². The average Bonchev–Trinajstić information content (AvgIpc) is 3.09. The van der Waals surface area contributed by atoms with Crippen LogP contribution >= 0.6 is 0 Å². The number of hydrogen-bond donors (Lipinski definition) is 2. The highest BCUT2D eigenvalue weighted by atomic mass is 16.4. The number of hydrogen-bond acceptors (Lipinski definition) is 4. The number of rotatable bonds is 5. The largest absolute Gasteiger partial charge is 0.478 e. The van der Waals surface area contributed by atoms with E-state index in [1.54, 1.807) is 6.20 Å². The Kier molecular flexibility index (Phi) is 4.53. The summed E-state index contributed by atoms with van der Waals surface area (Å²) in [4.78, 5) is 38.9. The van der Waals surface area contributed by atoms with Gasteiger partial charge in [-0.2, -0.15) is 0 Å². The highest BCUT2D eigenvalue weighted by Crippen LogP contribution is 2.30. The van der Waals surface area contributed by atoms with Gasteiger partial charge in [0.15, 0.2) is 0 Å². The van der Waals surface area contributed by atoms with Gasteiger partial charge in [-0.1, -0.05) is 19.1 Å². The van der Waals surface area contributed by atoms with Gasteiger partial charge in [-0.05, 0) is 29.8 Å². The summed E-state index contributed by atoms with van der Waals surface area (Å²) in [5.41, 5.74) is 2.16. The number of carbonyl (C=O) groups is 3. The predicted molar refractivity (Wildman–Crippen MR) is 96.2 cm³/mol. The van der Waals surface area contributed by atoms with Crippen molar-refractivity contribution in [3.63, 3.8) is 0 Å². The molecule has 0 aliphatic carbocycles. The summed E-state index contributed by atoms with van der Waals surface area (Å²) in [5.74, 6) is -1.85. The first-order valence-electron chi connectivity index (χ1n) is 7.98. The first-order valence-corrected chi connectivity index (χ1v) is 7.98. The normalized spacial score (nSPS) is 11.9. The first-order chi connectivity index (χ1) is 12.5. The number of carboxylic acids is 1. The third-order valence-corrected chi connectivity index (χ3v) is 4.37. The predicted octanol–water partition coefficient (Wildman–Crippen LogP) is 2.28. The fourth-order valence-corrected chi connectivity index (χ4v) is 2.98. The van der Waals surface area contributed by atoms with Gasteiger partial charge in [0.25, 0.3) is 5.91 Å². The van der Waals surface area contributed by atoms with E-state index < -0.39 is 11.9 Å². The number of nitrogens with one attached hydrogen (secondary N) is 1. The lowest BCUT2D eigenvalue weighted by Crippen LogP contribution is -2.21. The average molecular weight is 351 g/mol. The van der Waals surface area contributed by atoms with Gasteiger partial charge in [0, 0.05) is 30.2 Å². The van der Waals surface area contributed by atoms with Crippen molar-refractivity contribution in [3.8, 4) is 0 Å². The van der Waals surface area contributed by atoms with Crippen LogP contribution in [0.5, 0.6) is 0 Å². The summed E-state index contributed by atoms with van der Waals surface area (Å²) in [6.07, 6.45) is 2.40. The summed E-state index contributed by atoms with van der Waals surface area (Å²) >= 11 is 0.